The number of hydrogen-bond acceptors (Lipinski definition) is 5. The van der Waals surface area contributed by atoms with Gasteiger partial charge in [0.15, 0.2) is 17.9 Å². The normalized spacial score (nSPS) is 16.3. The van der Waals surface area contributed by atoms with Gasteiger partial charge in [0, 0.05) is 19.4 Å². The Labute approximate surface area is 123 Å². The van der Waals surface area contributed by atoms with Crippen molar-refractivity contribution in [2.24, 2.45) is 0 Å². The highest BCUT2D eigenvalue weighted by Crippen LogP contribution is 2.06. The van der Waals surface area contributed by atoms with Gasteiger partial charge in [-0.05, 0) is 0 Å². The van der Waals surface area contributed by atoms with Crippen LogP contribution in [0.25, 0.3) is 0 Å². The number of carbonyl (C=O) groups is 1. The van der Waals surface area contributed by atoms with Crippen molar-refractivity contribution < 1.29 is 32.0 Å². The maximum Gasteiger partial charge on any atom is 0.343 e. The third-order valence-corrected chi connectivity index (χ3v) is 2.50. The summed E-state index contributed by atoms with van der Waals surface area (Å²) < 4.78 is 38.3. The molecule has 0 fully saturated rings. The second-order valence-corrected chi connectivity index (χ2v) is 5.97. The molecule has 0 bridgehead atoms. The van der Waals surface area contributed by atoms with Crippen LogP contribution in [0.3, 0.4) is 0 Å². The van der Waals surface area contributed by atoms with Gasteiger partial charge in [0.2, 0.25) is 10.4 Å². The molecule has 1 aromatic carbocycles. The van der Waals surface area contributed by atoms with E-state index in [2.05, 4.69) is 4.99 Å². The van der Waals surface area contributed by atoms with Gasteiger partial charge in [0.05, 0.1) is 0 Å². The standard InChI is InChI=1S/C13H15NO2.H2O4S/c1-13(2)9-16-12(14-13)8-11(15)10-6-4-3-5-7-10;1-5(2,3)4/h3-7H,8-9H2,1-2H3;(H2,1,2,3,4). The topological polar surface area (TPSA) is 118 Å². The highest BCUT2D eigenvalue weighted by molar-refractivity contribution is 7.79. The molecule has 1 heterocycles. The summed E-state index contributed by atoms with van der Waals surface area (Å²) in [6, 6.07) is 9.28. The molecule has 1 aliphatic rings. The Morgan fingerprint density at radius 3 is 2.33 bits per heavy atom. The number of ether oxygens (including phenoxy) is 1. The van der Waals surface area contributed by atoms with Crippen LogP contribution >= 0.6 is 0 Å². The van der Waals surface area contributed by atoms with Crippen LogP contribution in [0.2, 0.25) is 0 Å². The van der Waals surface area contributed by atoms with Crippen molar-refractivity contribution in [3.8, 4) is 0 Å². The summed E-state index contributed by atoms with van der Waals surface area (Å²) in [7, 11) is -4.92. The SMILES string of the molecule is CC1(C)COC(CC(=O)c2ccccc2)=[NH+]1.O=S(=O)([O-])O. The average Bonchev–Trinajstić information content (AvgIpc) is 2.67. The van der Waals surface area contributed by atoms with Crippen LogP contribution in [-0.2, 0) is 15.1 Å². The molecule has 0 saturated carbocycles. The fraction of sp³-hybridized carbons (Fsp3) is 0.385. The number of benzene rings is 1. The van der Waals surface area contributed by atoms with Crippen molar-refractivity contribution in [1.82, 2.24) is 0 Å². The third kappa shape index (κ3) is 7.54. The van der Waals surface area contributed by atoms with E-state index in [1.807, 2.05) is 44.2 Å². The number of Topliss-reactive ketones (excluding diaryl/α,β-unsaturated/α-hetero) is 1. The van der Waals surface area contributed by atoms with Gasteiger partial charge in [-0.25, -0.2) is 13.4 Å². The van der Waals surface area contributed by atoms with E-state index in [0.29, 0.717) is 18.9 Å². The quantitative estimate of drug-likeness (QED) is 0.443. The largest absolute Gasteiger partial charge is 0.726 e. The van der Waals surface area contributed by atoms with Crippen LogP contribution < -0.4 is 4.99 Å². The van der Waals surface area contributed by atoms with Gasteiger partial charge < -0.3 is 9.29 Å². The first kappa shape index (κ1) is 17.3. The molecule has 0 aliphatic carbocycles. The number of rotatable bonds is 3. The van der Waals surface area contributed by atoms with E-state index in [-0.39, 0.29) is 11.3 Å². The summed E-state index contributed by atoms with van der Waals surface area (Å²) in [5.74, 6) is 0.764. The molecule has 2 rings (SSSR count). The lowest BCUT2D eigenvalue weighted by Crippen LogP contribution is -2.82. The molecule has 0 atom stereocenters. The minimum Gasteiger partial charge on any atom is -0.726 e. The van der Waals surface area contributed by atoms with E-state index in [1.165, 1.54) is 0 Å². The van der Waals surface area contributed by atoms with Crippen molar-refractivity contribution >= 4 is 22.1 Å². The molecule has 0 saturated heterocycles. The van der Waals surface area contributed by atoms with Crippen LogP contribution in [0.4, 0.5) is 0 Å². The molecular weight excluding hydrogens is 298 g/mol. The van der Waals surface area contributed by atoms with Crippen LogP contribution in [0.15, 0.2) is 30.3 Å². The molecular formula is C13H17NO6S. The van der Waals surface area contributed by atoms with Gasteiger partial charge >= 0.3 is 5.90 Å². The molecule has 1 aliphatic heterocycles. The molecule has 8 heteroatoms. The summed E-state index contributed by atoms with van der Waals surface area (Å²) in [5.41, 5.74) is 0.664. The zero-order valence-corrected chi connectivity index (χ0v) is 12.5. The molecule has 1 aromatic rings. The monoisotopic (exact) mass is 315 g/mol. The first-order valence-corrected chi connectivity index (χ1v) is 7.47. The first-order valence-electron chi connectivity index (χ1n) is 6.10. The first-order chi connectivity index (χ1) is 9.57. The van der Waals surface area contributed by atoms with Gasteiger partial charge in [-0.3, -0.25) is 9.35 Å². The van der Waals surface area contributed by atoms with Crippen molar-refractivity contribution in [3.05, 3.63) is 35.9 Å². The lowest BCUT2D eigenvalue weighted by Gasteiger charge is -2.01. The smallest absolute Gasteiger partial charge is 0.343 e. The Balaban J connectivity index is 0.000000383. The maximum absolute atomic E-state index is 11.9. The fourth-order valence-electron chi connectivity index (χ4n) is 1.68. The maximum atomic E-state index is 11.9. The summed E-state index contributed by atoms with van der Waals surface area (Å²) in [5, 5.41) is 0. The van der Waals surface area contributed by atoms with E-state index in [0.717, 1.165) is 5.56 Å². The summed E-state index contributed by atoms with van der Waals surface area (Å²) in [4.78, 5) is 15.1. The van der Waals surface area contributed by atoms with E-state index in [4.69, 9.17) is 22.3 Å². The van der Waals surface area contributed by atoms with Gasteiger partial charge in [-0.1, -0.05) is 30.3 Å². The fourth-order valence-corrected chi connectivity index (χ4v) is 1.68. The molecule has 2 N–H and O–H groups in total. The number of nitrogens with one attached hydrogen (secondary N) is 1. The minimum atomic E-state index is -4.92. The van der Waals surface area contributed by atoms with E-state index in [9.17, 15) is 4.79 Å². The summed E-state index contributed by atoms with van der Waals surface area (Å²) in [6.45, 7) is 4.71. The van der Waals surface area contributed by atoms with Gasteiger partial charge in [0.25, 0.3) is 0 Å². The molecule has 116 valence electrons. The molecule has 0 spiro atoms. The Bertz CT molecular complexity index is 613. The Morgan fingerprint density at radius 1 is 1.38 bits per heavy atom. The molecule has 0 aromatic heterocycles. The lowest BCUT2D eigenvalue weighted by atomic mass is 10.1. The second-order valence-electron chi connectivity index (χ2n) is 5.11. The van der Waals surface area contributed by atoms with Crippen molar-refractivity contribution in [3.63, 3.8) is 0 Å². The third-order valence-electron chi connectivity index (χ3n) is 2.50. The highest BCUT2D eigenvalue weighted by Gasteiger charge is 2.34. The number of hydrogen-bond donors (Lipinski definition) is 2. The predicted molar refractivity (Wildman–Crippen MR) is 73.7 cm³/mol. The number of carbonyl (C=O) groups excluding carboxylic acids is 1. The van der Waals surface area contributed by atoms with Crippen LogP contribution in [-0.4, -0.2) is 41.4 Å². The Kier molecular flexibility index (Phi) is 5.59. The van der Waals surface area contributed by atoms with Gasteiger partial charge in [0.1, 0.15) is 6.42 Å². The van der Waals surface area contributed by atoms with Crippen LogP contribution in [0.5, 0.6) is 0 Å². The van der Waals surface area contributed by atoms with E-state index >= 15 is 0 Å². The molecule has 21 heavy (non-hydrogen) atoms. The molecule has 7 nitrogen and oxygen atoms in total. The minimum absolute atomic E-state index is 0.0632. The molecule has 0 amide bonds. The zero-order valence-electron chi connectivity index (χ0n) is 11.7. The zero-order chi connectivity index (χ0) is 16.1. The number of ketones is 1. The summed E-state index contributed by atoms with van der Waals surface area (Å²) >= 11 is 0. The Hall–Kier alpha value is -1.77. The average molecular weight is 315 g/mol. The van der Waals surface area contributed by atoms with Gasteiger partial charge in [-0.2, -0.15) is 0 Å². The van der Waals surface area contributed by atoms with Crippen molar-refractivity contribution in [2.45, 2.75) is 25.8 Å². The lowest BCUT2D eigenvalue weighted by molar-refractivity contribution is -0.531. The predicted octanol–water partition coefficient (Wildman–Crippen LogP) is -0.448. The second kappa shape index (κ2) is 6.79. The molecule has 0 radical (unpaired) electrons. The highest BCUT2D eigenvalue weighted by atomic mass is 32.3. The van der Waals surface area contributed by atoms with Crippen molar-refractivity contribution in [2.75, 3.05) is 6.61 Å². The summed E-state index contributed by atoms with van der Waals surface area (Å²) in [6.07, 6.45) is 0.313. The van der Waals surface area contributed by atoms with Crippen LogP contribution in [0.1, 0.15) is 30.6 Å². The Morgan fingerprint density at radius 2 is 1.90 bits per heavy atom. The molecule has 0 unspecified atom stereocenters. The van der Waals surface area contributed by atoms with E-state index < -0.39 is 10.4 Å². The van der Waals surface area contributed by atoms with Gasteiger partial charge in [-0.15, -0.1) is 0 Å². The van der Waals surface area contributed by atoms with Crippen LogP contribution in [0, 0.1) is 0 Å². The van der Waals surface area contributed by atoms with E-state index in [1.54, 1.807) is 0 Å². The van der Waals surface area contributed by atoms with Crippen molar-refractivity contribution in [1.29, 1.82) is 0 Å².